The van der Waals surface area contributed by atoms with Crippen LogP contribution in [0.4, 0.5) is 8.78 Å². The Bertz CT molecular complexity index is 708. The Labute approximate surface area is 166 Å². The molecule has 1 aliphatic rings. The standard InChI is InChI=1S/C24H29ClF2/c1-2-4-17-7-9-18(10-8-17)5-3-6-19-15-22(26)24(23(27)16-19)20-11-13-21(25)14-12-20/h11-18H,2-10H2,1H3. The molecule has 0 heterocycles. The fourth-order valence-electron chi connectivity index (χ4n) is 4.47. The molecule has 0 aromatic heterocycles. The van der Waals surface area contributed by atoms with Crippen molar-refractivity contribution in [1.82, 2.24) is 0 Å². The average molecular weight is 391 g/mol. The largest absolute Gasteiger partial charge is 0.206 e. The third-order valence-corrected chi connectivity index (χ3v) is 6.23. The lowest BCUT2D eigenvalue weighted by Crippen LogP contribution is -2.14. The molecule has 0 N–H and O–H groups in total. The van der Waals surface area contributed by atoms with E-state index >= 15 is 0 Å². The summed E-state index contributed by atoms with van der Waals surface area (Å²) in [6, 6.07) is 9.59. The zero-order chi connectivity index (χ0) is 19.2. The summed E-state index contributed by atoms with van der Waals surface area (Å²) in [6.07, 6.45) is 10.9. The number of hydrogen-bond acceptors (Lipinski definition) is 0. The first-order valence-electron chi connectivity index (χ1n) is 10.3. The molecule has 3 rings (SSSR count). The number of benzene rings is 2. The molecule has 27 heavy (non-hydrogen) atoms. The highest BCUT2D eigenvalue weighted by Gasteiger charge is 2.20. The van der Waals surface area contributed by atoms with Crippen LogP contribution in [0.2, 0.25) is 5.02 Å². The number of aryl methyl sites for hydroxylation is 1. The quantitative estimate of drug-likeness (QED) is 0.446. The Kier molecular flexibility index (Phi) is 7.29. The molecule has 0 bridgehead atoms. The van der Waals surface area contributed by atoms with Gasteiger partial charge in [-0.25, -0.2) is 8.78 Å². The van der Waals surface area contributed by atoms with Gasteiger partial charge >= 0.3 is 0 Å². The smallest absolute Gasteiger partial charge is 0.134 e. The van der Waals surface area contributed by atoms with E-state index in [0.717, 1.165) is 30.2 Å². The second kappa shape index (κ2) is 9.68. The van der Waals surface area contributed by atoms with Crippen molar-refractivity contribution in [2.75, 3.05) is 0 Å². The molecule has 2 aromatic carbocycles. The van der Waals surface area contributed by atoms with Gasteiger partial charge in [-0.3, -0.25) is 0 Å². The second-order valence-electron chi connectivity index (χ2n) is 8.01. The van der Waals surface area contributed by atoms with E-state index in [9.17, 15) is 8.78 Å². The summed E-state index contributed by atoms with van der Waals surface area (Å²) in [5.74, 6) is 0.732. The van der Waals surface area contributed by atoms with Crippen molar-refractivity contribution in [3.05, 3.63) is 58.6 Å². The number of hydrogen-bond donors (Lipinski definition) is 0. The zero-order valence-electron chi connectivity index (χ0n) is 16.1. The van der Waals surface area contributed by atoms with Crippen LogP contribution in [-0.4, -0.2) is 0 Å². The highest BCUT2D eigenvalue weighted by molar-refractivity contribution is 6.30. The Morgan fingerprint density at radius 2 is 1.44 bits per heavy atom. The molecular formula is C24H29ClF2. The van der Waals surface area contributed by atoms with Gasteiger partial charge in [0.1, 0.15) is 11.6 Å². The topological polar surface area (TPSA) is 0 Å². The number of rotatable bonds is 7. The van der Waals surface area contributed by atoms with Crippen LogP contribution in [0.25, 0.3) is 11.1 Å². The van der Waals surface area contributed by atoms with E-state index in [1.807, 2.05) is 0 Å². The predicted octanol–water partition coefficient (Wildman–Crippen LogP) is 8.21. The van der Waals surface area contributed by atoms with Crippen LogP contribution in [0.3, 0.4) is 0 Å². The lowest BCUT2D eigenvalue weighted by atomic mass is 9.78. The summed E-state index contributed by atoms with van der Waals surface area (Å²) >= 11 is 5.86. The molecule has 0 saturated heterocycles. The molecule has 0 nitrogen and oxygen atoms in total. The highest BCUT2D eigenvalue weighted by atomic mass is 35.5. The van der Waals surface area contributed by atoms with Crippen molar-refractivity contribution in [3.8, 4) is 11.1 Å². The summed E-state index contributed by atoms with van der Waals surface area (Å²) in [4.78, 5) is 0. The van der Waals surface area contributed by atoms with Crippen LogP contribution >= 0.6 is 11.6 Å². The first kappa shape index (κ1) is 20.3. The van der Waals surface area contributed by atoms with Gasteiger partial charge < -0.3 is 0 Å². The molecule has 0 atom stereocenters. The summed E-state index contributed by atoms with van der Waals surface area (Å²) in [5.41, 5.74) is 1.30. The summed E-state index contributed by atoms with van der Waals surface area (Å²) in [7, 11) is 0. The second-order valence-corrected chi connectivity index (χ2v) is 8.45. The summed E-state index contributed by atoms with van der Waals surface area (Å²) < 4.78 is 29.0. The lowest BCUT2D eigenvalue weighted by Gasteiger charge is -2.28. The Morgan fingerprint density at radius 1 is 0.889 bits per heavy atom. The molecule has 0 radical (unpaired) electrons. The van der Waals surface area contributed by atoms with Gasteiger partial charge in [0, 0.05) is 5.02 Å². The first-order valence-corrected chi connectivity index (χ1v) is 10.7. The van der Waals surface area contributed by atoms with Crippen LogP contribution in [0.1, 0.15) is 63.9 Å². The minimum atomic E-state index is -0.493. The molecule has 1 saturated carbocycles. The minimum Gasteiger partial charge on any atom is -0.206 e. The van der Waals surface area contributed by atoms with Gasteiger partial charge in [0.15, 0.2) is 0 Å². The maximum atomic E-state index is 14.5. The van der Waals surface area contributed by atoms with Crippen molar-refractivity contribution in [2.45, 2.75) is 64.7 Å². The fraction of sp³-hybridized carbons (Fsp3) is 0.500. The summed E-state index contributed by atoms with van der Waals surface area (Å²) in [6.45, 7) is 2.27. The Hall–Kier alpha value is -1.41. The third kappa shape index (κ3) is 5.54. The van der Waals surface area contributed by atoms with Crippen LogP contribution < -0.4 is 0 Å². The highest BCUT2D eigenvalue weighted by Crippen LogP contribution is 2.34. The van der Waals surface area contributed by atoms with Gasteiger partial charge in [-0.1, -0.05) is 75.6 Å². The SMILES string of the molecule is CCCC1CCC(CCCc2cc(F)c(-c3ccc(Cl)cc3)c(F)c2)CC1. The van der Waals surface area contributed by atoms with Crippen molar-refractivity contribution in [3.63, 3.8) is 0 Å². The monoisotopic (exact) mass is 390 g/mol. The van der Waals surface area contributed by atoms with E-state index in [1.54, 1.807) is 24.3 Å². The van der Waals surface area contributed by atoms with Crippen LogP contribution in [-0.2, 0) is 6.42 Å². The molecule has 146 valence electrons. The number of halogens is 3. The van der Waals surface area contributed by atoms with E-state index in [1.165, 1.54) is 57.1 Å². The Morgan fingerprint density at radius 3 is 2.00 bits per heavy atom. The fourth-order valence-corrected chi connectivity index (χ4v) is 4.60. The lowest BCUT2D eigenvalue weighted by molar-refractivity contribution is 0.249. The molecule has 0 spiro atoms. The molecule has 3 heteroatoms. The van der Waals surface area contributed by atoms with E-state index in [0.29, 0.717) is 10.6 Å². The van der Waals surface area contributed by atoms with Gasteiger partial charge in [0.05, 0.1) is 5.56 Å². The molecule has 0 unspecified atom stereocenters. The van der Waals surface area contributed by atoms with Crippen LogP contribution in [0, 0.1) is 23.5 Å². The molecule has 1 fully saturated rings. The van der Waals surface area contributed by atoms with Gasteiger partial charge in [-0.15, -0.1) is 0 Å². The van der Waals surface area contributed by atoms with Crippen molar-refractivity contribution < 1.29 is 8.78 Å². The van der Waals surface area contributed by atoms with Gasteiger partial charge in [-0.05, 0) is 60.1 Å². The first-order chi connectivity index (χ1) is 13.1. The minimum absolute atomic E-state index is 0.0321. The predicted molar refractivity (Wildman–Crippen MR) is 110 cm³/mol. The molecule has 1 aliphatic carbocycles. The Balaban J connectivity index is 1.55. The average Bonchev–Trinajstić information content (AvgIpc) is 2.64. The molecule has 0 amide bonds. The van der Waals surface area contributed by atoms with Crippen molar-refractivity contribution in [2.24, 2.45) is 11.8 Å². The van der Waals surface area contributed by atoms with E-state index in [4.69, 9.17) is 11.6 Å². The normalized spacial score (nSPS) is 20.0. The van der Waals surface area contributed by atoms with Crippen molar-refractivity contribution >= 4 is 11.6 Å². The molecule has 2 aromatic rings. The van der Waals surface area contributed by atoms with Crippen molar-refractivity contribution in [1.29, 1.82) is 0 Å². The van der Waals surface area contributed by atoms with Gasteiger partial charge in [0.25, 0.3) is 0 Å². The van der Waals surface area contributed by atoms with Gasteiger partial charge in [-0.2, -0.15) is 0 Å². The maximum absolute atomic E-state index is 14.5. The molecular weight excluding hydrogens is 362 g/mol. The van der Waals surface area contributed by atoms with Crippen LogP contribution in [0.5, 0.6) is 0 Å². The molecule has 0 aliphatic heterocycles. The van der Waals surface area contributed by atoms with E-state index < -0.39 is 11.6 Å². The zero-order valence-corrected chi connectivity index (χ0v) is 16.9. The van der Waals surface area contributed by atoms with E-state index in [2.05, 4.69) is 6.92 Å². The third-order valence-electron chi connectivity index (χ3n) is 5.98. The van der Waals surface area contributed by atoms with E-state index in [-0.39, 0.29) is 5.56 Å². The van der Waals surface area contributed by atoms with Crippen LogP contribution in [0.15, 0.2) is 36.4 Å². The maximum Gasteiger partial charge on any atom is 0.134 e. The summed E-state index contributed by atoms with van der Waals surface area (Å²) in [5, 5.41) is 0.555. The van der Waals surface area contributed by atoms with Gasteiger partial charge in [0.2, 0.25) is 0 Å².